The topological polar surface area (TPSA) is 105 Å². The van der Waals surface area contributed by atoms with Crippen LogP contribution in [-0.4, -0.2) is 102 Å². The standard InChI is InChI=1S/C44H72N2O8/c1-7-11-15-23-34-49-43(50-35-24-16-12-8-2)30-21-19-28-41(47)53-38-40(45-32-27-33-46(5)6)39-54-42(48)29-20-22-31-44(51-36-25-17-13-9-3)52-37-26-18-14-10-4/h40,43-45H,7-14,19-22,27-39H2,1-6H3. The van der Waals surface area contributed by atoms with E-state index < -0.39 is 12.6 Å². The number of ether oxygens (including phenoxy) is 6. The highest BCUT2D eigenvalue weighted by atomic mass is 16.7. The van der Waals surface area contributed by atoms with Crippen molar-refractivity contribution in [3.63, 3.8) is 0 Å². The number of carbonyl (C=O) groups excluding carboxylic acids is 2. The summed E-state index contributed by atoms with van der Waals surface area (Å²) in [4.78, 5) is 27.4. The van der Waals surface area contributed by atoms with Gasteiger partial charge in [-0.3, -0.25) is 9.59 Å². The third-order valence-corrected chi connectivity index (χ3v) is 7.61. The molecule has 10 nitrogen and oxygen atoms in total. The molecule has 0 saturated carbocycles. The van der Waals surface area contributed by atoms with Crippen LogP contribution in [0.4, 0.5) is 0 Å². The summed E-state index contributed by atoms with van der Waals surface area (Å²) in [6.07, 6.45) is 12.0. The third kappa shape index (κ3) is 35.9. The molecule has 10 heteroatoms. The molecule has 0 aromatic carbocycles. The van der Waals surface area contributed by atoms with E-state index in [9.17, 15) is 9.59 Å². The first-order valence-corrected chi connectivity index (χ1v) is 20.3. The minimum Gasteiger partial charge on any atom is -0.464 e. The van der Waals surface area contributed by atoms with Gasteiger partial charge >= 0.3 is 11.9 Å². The Bertz CT molecular complexity index is 1040. The largest absolute Gasteiger partial charge is 0.464 e. The average Bonchev–Trinajstić information content (AvgIpc) is 3.16. The van der Waals surface area contributed by atoms with Crippen LogP contribution >= 0.6 is 0 Å². The number of nitrogens with zero attached hydrogens (tertiary/aromatic N) is 1. The molecule has 0 rings (SSSR count). The van der Waals surface area contributed by atoms with Gasteiger partial charge in [-0.2, -0.15) is 0 Å². The fourth-order valence-corrected chi connectivity index (χ4v) is 4.59. The molecular formula is C44H72N2O8. The van der Waals surface area contributed by atoms with Crippen molar-refractivity contribution in [3.05, 3.63) is 0 Å². The maximum absolute atomic E-state index is 12.6. The van der Waals surface area contributed by atoms with Crippen LogP contribution in [-0.2, 0) is 38.0 Å². The number of carbonyl (C=O) groups is 2. The van der Waals surface area contributed by atoms with Crippen molar-refractivity contribution in [2.75, 3.05) is 66.8 Å². The van der Waals surface area contributed by atoms with Gasteiger partial charge in [-0.05, 0) is 97.8 Å². The molecule has 0 bridgehead atoms. The van der Waals surface area contributed by atoms with Crippen LogP contribution < -0.4 is 5.32 Å². The maximum Gasteiger partial charge on any atom is 0.305 e. The molecule has 1 N–H and O–H groups in total. The number of hydrogen-bond donors (Lipinski definition) is 1. The van der Waals surface area contributed by atoms with Gasteiger partial charge in [0, 0.05) is 38.5 Å². The Morgan fingerprint density at radius 3 is 1.24 bits per heavy atom. The predicted octanol–water partition coefficient (Wildman–Crippen LogP) is 7.04. The van der Waals surface area contributed by atoms with Gasteiger partial charge in [0.2, 0.25) is 0 Å². The summed E-state index contributed by atoms with van der Waals surface area (Å²) in [5, 5.41) is 3.39. The van der Waals surface area contributed by atoms with Crippen LogP contribution in [0.25, 0.3) is 0 Å². The third-order valence-electron chi connectivity index (χ3n) is 7.61. The Kier molecular flexibility index (Phi) is 37.4. The van der Waals surface area contributed by atoms with E-state index in [2.05, 4.69) is 85.3 Å². The summed E-state index contributed by atoms with van der Waals surface area (Å²) in [6.45, 7) is 11.4. The quantitative estimate of drug-likeness (QED) is 0.0343. The van der Waals surface area contributed by atoms with Crippen LogP contribution in [0.2, 0.25) is 0 Å². The molecule has 0 radical (unpaired) electrons. The molecule has 54 heavy (non-hydrogen) atoms. The van der Waals surface area contributed by atoms with Gasteiger partial charge in [-0.15, -0.1) is 23.7 Å². The second kappa shape index (κ2) is 39.6. The number of nitrogens with one attached hydrogen (secondary N) is 1. The second-order valence-corrected chi connectivity index (χ2v) is 13.2. The summed E-state index contributed by atoms with van der Waals surface area (Å²) in [6, 6.07) is -0.303. The minimum absolute atomic E-state index is 0.119. The van der Waals surface area contributed by atoms with E-state index in [1.807, 2.05) is 14.1 Å². The molecule has 0 unspecified atom stereocenters. The maximum atomic E-state index is 12.6. The van der Waals surface area contributed by atoms with E-state index in [1.54, 1.807) is 0 Å². The first kappa shape index (κ1) is 50.9. The number of hydrogen-bond acceptors (Lipinski definition) is 10. The molecule has 0 aliphatic rings. The van der Waals surface area contributed by atoms with Gasteiger partial charge in [-0.25, -0.2) is 0 Å². The van der Waals surface area contributed by atoms with E-state index in [4.69, 9.17) is 28.4 Å². The Labute approximate surface area is 329 Å². The Balaban J connectivity index is 4.80. The Morgan fingerprint density at radius 2 is 0.907 bits per heavy atom. The molecule has 0 heterocycles. The van der Waals surface area contributed by atoms with Crippen LogP contribution in [0.5, 0.6) is 0 Å². The lowest BCUT2D eigenvalue weighted by Gasteiger charge is -2.20. The molecule has 0 amide bonds. The van der Waals surface area contributed by atoms with E-state index in [0.29, 0.717) is 58.7 Å². The van der Waals surface area contributed by atoms with E-state index >= 15 is 0 Å². The smallest absolute Gasteiger partial charge is 0.305 e. The lowest BCUT2D eigenvalue weighted by Crippen LogP contribution is -2.40. The fraction of sp³-hybridized carbons (Fsp3) is 0.773. The molecule has 0 aromatic heterocycles. The van der Waals surface area contributed by atoms with Crippen molar-refractivity contribution in [2.24, 2.45) is 0 Å². The summed E-state index contributed by atoms with van der Waals surface area (Å²) in [5.74, 6) is 23.8. The summed E-state index contributed by atoms with van der Waals surface area (Å²) < 4.78 is 34.5. The van der Waals surface area contributed by atoms with Gasteiger partial charge < -0.3 is 38.6 Å². The van der Waals surface area contributed by atoms with Crippen molar-refractivity contribution >= 4 is 11.9 Å². The normalized spacial score (nSPS) is 10.6. The highest BCUT2D eigenvalue weighted by molar-refractivity contribution is 5.69. The van der Waals surface area contributed by atoms with Crippen molar-refractivity contribution in [1.29, 1.82) is 0 Å². The van der Waals surface area contributed by atoms with Crippen molar-refractivity contribution < 1.29 is 38.0 Å². The zero-order valence-corrected chi connectivity index (χ0v) is 34.6. The number of rotatable bonds is 31. The van der Waals surface area contributed by atoms with Crippen LogP contribution in [0.15, 0.2) is 0 Å². The summed E-state index contributed by atoms with van der Waals surface area (Å²) in [5.41, 5.74) is 0. The SMILES string of the molecule is CCCC#CCOC(CCCCC(=O)OCC(COC(=O)CCCCC(OCC#CCCC)OCC#CCCC)NCCCN(C)C)OCC#CCCC. The lowest BCUT2D eigenvalue weighted by atomic mass is 10.2. The van der Waals surface area contributed by atoms with Crippen LogP contribution in [0, 0.1) is 47.4 Å². The van der Waals surface area contributed by atoms with Gasteiger partial charge in [-0.1, -0.05) is 51.4 Å². The Hall–Kier alpha value is -3.06. The van der Waals surface area contributed by atoms with Crippen LogP contribution in [0.1, 0.15) is 137 Å². The van der Waals surface area contributed by atoms with Crippen LogP contribution in [0.3, 0.4) is 0 Å². The zero-order chi connectivity index (χ0) is 39.7. The fourth-order valence-electron chi connectivity index (χ4n) is 4.59. The Morgan fingerprint density at radius 1 is 0.537 bits per heavy atom. The van der Waals surface area contributed by atoms with Gasteiger partial charge in [0.15, 0.2) is 12.6 Å². The van der Waals surface area contributed by atoms with Crippen molar-refractivity contribution in [1.82, 2.24) is 10.2 Å². The predicted molar refractivity (Wildman–Crippen MR) is 216 cm³/mol. The molecule has 0 aromatic rings. The molecular weight excluding hydrogens is 684 g/mol. The average molecular weight is 757 g/mol. The van der Waals surface area contributed by atoms with Crippen molar-refractivity contribution in [3.8, 4) is 47.4 Å². The minimum atomic E-state index is -0.424. The van der Waals surface area contributed by atoms with E-state index in [1.165, 1.54) is 0 Å². The highest BCUT2D eigenvalue weighted by Gasteiger charge is 2.16. The second-order valence-electron chi connectivity index (χ2n) is 13.2. The molecule has 0 aliphatic heterocycles. The van der Waals surface area contributed by atoms with E-state index in [0.717, 1.165) is 77.2 Å². The first-order valence-electron chi connectivity index (χ1n) is 20.3. The molecule has 0 saturated heterocycles. The first-order chi connectivity index (χ1) is 26.4. The highest BCUT2D eigenvalue weighted by Crippen LogP contribution is 2.11. The van der Waals surface area contributed by atoms with Crippen molar-refractivity contribution in [2.45, 2.75) is 155 Å². The van der Waals surface area contributed by atoms with Gasteiger partial charge in [0.25, 0.3) is 0 Å². The number of esters is 2. The molecule has 306 valence electrons. The lowest BCUT2D eigenvalue weighted by molar-refractivity contribution is -0.148. The van der Waals surface area contributed by atoms with Gasteiger partial charge in [0.05, 0.1) is 6.04 Å². The van der Waals surface area contributed by atoms with E-state index in [-0.39, 0.29) is 44.0 Å². The molecule has 0 spiro atoms. The molecule has 0 aliphatic carbocycles. The molecule has 0 atom stereocenters. The zero-order valence-electron chi connectivity index (χ0n) is 34.6. The van der Waals surface area contributed by atoms with Gasteiger partial charge in [0.1, 0.15) is 39.6 Å². The number of unbranched alkanes of at least 4 members (excludes halogenated alkanes) is 6. The summed E-state index contributed by atoms with van der Waals surface area (Å²) in [7, 11) is 4.05. The summed E-state index contributed by atoms with van der Waals surface area (Å²) >= 11 is 0. The monoisotopic (exact) mass is 757 g/mol. The molecule has 0 fully saturated rings.